The van der Waals surface area contributed by atoms with Crippen molar-refractivity contribution in [1.29, 1.82) is 0 Å². The molecule has 0 aromatic carbocycles. The summed E-state index contributed by atoms with van der Waals surface area (Å²) in [4.78, 5) is 22.4. The number of anilines is 2. The maximum atomic E-state index is 12.0. The summed E-state index contributed by atoms with van der Waals surface area (Å²) in [6.07, 6.45) is 4.20. The standard InChI is InChI=1S/C15H16ClN5O/c16-12-4-3-8-18-14(12)21-9-6-11(10-21)19-15(22)20-13-5-1-2-7-17-13/h1-5,7-8,11H,6,9-10H2,(H2,17,19,20,22)/t11-/m1/s1. The van der Waals surface area contributed by atoms with Gasteiger partial charge in [0, 0.05) is 31.5 Å². The predicted octanol–water partition coefficient (Wildman–Crippen LogP) is 2.53. The van der Waals surface area contributed by atoms with Crippen molar-refractivity contribution in [3.63, 3.8) is 0 Å². The van der Waals surface area contributed by atoms with Crippen molar-refractivity contribution < 1.29 is 4.79 Å². The van der Waals surface area contributed by atoms with Crippen LogP contribution in [0.25, 0.3) is 0 Å². The molecule has 0 spiro atoms. The van der Waals surface area contributed by atoms with Crippen LogP contribution >= 0.6 is 11.6 Å². The van der Waals surface area contributed by atoms with Gasteiger partial charge in [0.2, 0.25) is 0 Å². The van der Waals surface area contributed by atoms with E-state index in [1.165, 1.54) is 0 Å². The Morgan fingerprint density at radius 2 is 2.09 bits per heavy atom. The molecule has 0 saturated carbocycles. The molecule has 3 rings (SSSR count). The quantitative estimate of drug-likeness (QED) is 0.912. The number of hydrogen-bond acceptors (Lipinski definition) is 4. The van der Waals surface area contributed by atoms with Crippen LogP contribution in [0.3, 0.4) is 0 Å². The molecular formula is C15H16ClN5O. The number of rotatable bonds is 3. The van der Waals surface area contributed by atoms with E-state index in [0.717, 1.165) is 18.8 Å². The highest BCUT2D eigenvalue weighted by molar-refractivity contribution is 6.32. The number of urea groups is 1. The molecule has 0 unspecified atom stereocenters. The van der Waals surface area contributed by atoms with Gasteiger partial charge in [-0.3, -0.25) is 5.32 Å². The number of nitrogens with one attached hydrogen (secondary N) is 2. The molecule has 114 valence electrons. The lowest BCUT2D eigenvalue weighted by Crippen LogP contribution is -2.40. The minimum absolute atomic E-state index is 0.0572. The van der Waals surface area contributed by atoms with Crippen molar-refractivity contribution in [1.82, 2.24) is 15.3 Å². The molecule has 1 atom stereocenters. The van der Waals surface area contributed by atoms with Gasteiger partial charge in [-0.05, 0) is 30.7 Å². The Bertz CT molecular complexity index is 651. The van der Waals surface area contributed by atoms with Crippen LogP contribution in [0.5, 0.6) is 0 Å². The molecule has 6 nitrogen and oxygen atoms in total. The molecule has 2 aromatic rings. The molecule has 0 radical (unpaired) electrons. The highest BCUT2D eigenvalue weighted by atomic mass is 35.5. The Labute approximate surface area is 133 Å². The normalized spacial score (nSPS) is 17.3. The lowest BCUT2D eigenvalue weighted by atomic mass is 10.3. The van der Waals surface area contributed by atoms with Gasteiger partial charge in [-0.2, -0.15) is 0 Å². The molecule has 1 fully saturated rings. The zero-order valence-electron chi connectivity index (χ0n) is 11.9. The zero-order valence-corrected chi connectivity index (χ0v) is 12.6. The van der Waals surface area contributed by atoms with E-state index in [9.17, 15) is 4.79 Å². The van der Waals surface area contributed by atoms with Crippen molar-refractivity contribution in [2.75, 3.05) is 23.3 Å². The summed E-state index contributed by atoms with van der Waals surface area (Å²) >= 11 is 6.15. The van der Waals surface area contributed by atoms with Gasteiger partial charge in [-0.1, -0.05) is 17.7 Å². The predicted molar refractivity (Wildman–Crippen MR) is 86.3 cm³/mol. The summed E-state index contributed by atoms with van der Waals surface area (Å²) in [6.45, 7) is 1.50. The minimum atomic E-state index is -0.252. The molecule has 7 heteroatoms. The van der Waals surface area contributed by atoms with Crippen LogP contribution in [-0.4, -0.2) is 35.1 Å². The first-order valence-corrected chi connectivity index (χ1v) is 7.44. The van der Waals surface area contributed by atoms with Gasteiger partial charge in [0.05, 0.1) is 5.02 Å². The lowest BCUT2D eigenvalue weighted by molar-refractivity contribution is 0.249. The first-order chi connectivity index (χ1) is 10.7. The first kappa shape index (κ1) is 14.6. The van der Waals surface area contributed by atoms with Crippen LogP contribution in [0.4, 0.5) is 16.4 Å². The summed E-state index contributed by atoms with van der Waals surface area (Å²) in [6, 6.07) is 8.79. The molecular weight excluding hydrogens is 302 g/mol. The number of hydrogen-bond donors (Lipinski definition) is 2. The number of carbonyl (C=O) groups is 1. The van der Waals surface area contributed by atoms with Crippen LogP contribution in [0, 0.1) is 0 Å². The Morgan fingerprint density at radius 1 is 1.23 bits per heavy atom. The monoisotopic (exact) mass is 317 g/mol. The lowest BCUT2D eigenvalue weighted by Gasteiger charge is -2.19. The van der Waals surface area contributed by atoms with Crippen LogP contribution in [0.1, 0.15) is 6.42 Å². The van der Waals surface area contributed by atoms with E-state index in [-0.39, 0.29) is 12.1 Å². The van der Waals surface area contributed by atoms with E-state index in [0.29, 0.717) is 17.4 Å². The highest BCUT2D eigenvalue weighted by Gasteiger charge is 2.26. The number of halogens is 1. The summed E-state index contributed by atoms with van der Waals surface area (Å²) in [7, 11) is 0. The van der Waals surface area contributed by atoms with Gasteiger partial charge < -0.3 is 10.2 Å². The van der Waals surface area contributed by atoms with E-state index in [1.54, 1.807) is 30.6 Å². The van der Waals surface area contributed by atoms with E-state index >= 15 is 0 Å². The Hall–Kier alpha value is -2.34. The molecule has 0 aliphatic carbocycles. The number of carbonyl (C=O) groups excluding carboxylic acids is 1. The summed E-state index contributed by atoms with van der Waals surface area (Å²) in [5.74, 6) is 1.29. The summed E-state index contributed by atoms with van der Waals surface area (Å²) in [5.41, 5.74) is 0. The third-order valence-electron chi connectivity index (χ3n) is 3.47. The second-order valence-corrected chi connectivity index (χ2v) is 5.46. The van der Waals surface area contributed by atoms with Crippen LogP contribution in [0.15, 0.2) is 42.7 Å². The largest absolute Gasteiger partial charge is 0.353 e. The number of amides is 2. The van der Waals surface area contributed by atoms with E-state index in [1.807, 2.05) is 12.1 Å². The molecule has 0 bridgehead atoms. The third-order valence-corrected chi connectivity index (χ3v) is 3.76. The average molecular weight is 318 g/mol. The van der Waals surface area contributed by atoms with Crippen LogP contribution in [0.2, 0.25) is 5.02 Å². The SMILES string of the molecule is O=C(Nc1ccccn1)N[C@@H]1CCN(c2ncccc2Cl)C1. The van der Waals surface area contributed by atoms with E-state index in [2.05, 4.69) is 25.5 Å². The maximum absolute atomic E-state index is 12.0. The molecule has 2 N–H and O–H groups in total. The molecule has 1 saturated heterocycles. The summed E-state index contributed by atoms with van der Waals surface area (Å²) < 4.78 is 0. The molecule has 3 heterocycles. The van der Waals surface area contributed by atoms with Crippen LogP contribution in [-0.2, 0) is 0 Å². The second kappa shape index (κ2) is 6.62. The number of pyridine rings is 2. The topological polar surface area (TPSA) is 70.2 Å². The highest BCUT2D eigenvalue weighted by Crippen LogP contribution is 2.25. The maximum Gasteiger partial charge on any atom is 0.320 e. The third kappa shape index (κ3) is 3.46. The van der Waals surface area contributed by atoms with Crippen molar-refractivity contribution >= 4 is 29.3 Å². The minimum Gasteiger partial charge on any atom is -0.353 e. The van der Waals surface area contributed by atoms with Gasteiger partial charge in [0.25, 0.3) is 0 Å². The first-order valence-electron chi connectivity index (χ1n) is 7.06. The smallest absolute Gasteiger partial charge is 0.320 e. The fraction of sp³-hybridized carbons (Fsp3) is 0.267. The van der Waals surface area contributed by atoms with Gasteiger partial charge in [0.15, 0.2) is 0 Å². The second-order valence-electron chi connectivity index (χ2n) is 5.05. The molecule has 22 heavy (non-hydrogen) atoms. The fourth-order valence-electron chi connectivity index (χ4n) is 2.46. The number of nitrogens with zero attached hydrogens (tertiary/aromatic N) is 3. The number of aromatic nitrogens is 2. The van der Waals surface area contributed by atoms with Crippen molar-refractivity contribution in [3.8, 4) is 0 Å². The van der Waals surface area contributed by atoms with E-state index in [4.69, 9.17) is 11.6 Å². The molecule has 1 aliphatic rings. The van der Waals surface area contributed by atoms with Gasteiger partial charge >= 0.3 is 6.03 Å². The summed E-state index contributed by atoms with van der Waals surface area (Å²) in [5, 5.41) is 6.28. The average Bonchev–Trinajstić information content (AvgIpc) is 2.97. The van der Waals surface area contributed by atoms with Gasteiger partial charge in [-0.15, -0.1) is 0 Å². The van der Waals surface area contributed by atoms with Crippen molar-refractivity contribution in [2.45, 2.75) is 12.5 Å². The Kier molecular flexibility index (Phi) is 4.39. The Balaban J connectivity index is 1.55. The fourth-order valence-corrected chi connectivity index (χ4v) is 2.70. The van der Waals surface area contributed by atoms with E-state index < -0.39 is 0 Å². The zero-order chi connectivity index (χ0) is 15.4. The molecule has 2 aromatic heterocycles. The van der Waals surface area contributed by atoms with Gasteiger partial charge in [0.1, 0.15) is 11.6 Å². The molecule has 2 amide bonds. The van der Waals surface area contributed by atoms with Crippen LogP contribution < -0.4 is 15.5 Å². The Morgan fingerprint density at radius 3 is 2.86 bits per heavy atom. The van der Waals surface area contributed by atoms with Gasteiger partial charge in [-0.25, -0.2) is 14.8 Å². The molecule has 1 aliphatic heterocycles. The van der Waals surface area contributed by atoms with Crippen molar-refractivity contribution in [2.24, 2.45) is 0 Å². The van der Waals surface area contributed by atoms with Crippen molar-refractivity contribution in [3.05, 3.63) is 47.7 Å².